The lowest BCUT2D eigenvalue weighted by atomic mass is 9.87. The van der Waals surface area contributed by atoms with Gasteiger partial charge in [-0.1, -0.05) is 6.42 Å². The summed E-state index contributed by atoms with van der Waals surface area (Å²) in [6.07, 6.45) is 2.80. The summed E-state index contributed by atoms with van der Waals surface area (Å²) in [5, 5.41) is 12.2. The Labute approximate surface area is 128 Å². The lowest BCUT2D eigenvalue weighted by Crippen LogP contribution is -2.33. The molecule has 2 unspecified atom stereocenters. The molecule has 0 heterocycles. The van der Waals surface area contributed by atoms with Crippen molar-refractivity contribution in [3.05, 3.63) is 29.3 Å². The third kappa shape index (κ3) is 3.94. The second-order valence-corrected chi connectivity index (χ2v) is 5.56. The standard InChI is InChI=1S/C16H21F2NO3/c1-2-22-13-7-6-12(17)14(15(13)18)16(21)19-9-10-4-3-5-11(20)8-10/h6-7,10-11,20H,2-5,8-9H2,1H3,(H,19,21). The second kappa shape index (κ2) is 7.54. The molecule has 122 valence electrons. The molecule has 0 aliphatic heterocycles. The third-order valence-electron chi connectivity index (χ3n) is 3.89. The van der Waals surface area contributed by atoms with Crippen LogP contribution >= 0.6 is 0 Å². The summed E-state index contributed by atoms with van der Waals surface area (Å²) >= 11 is 0. The first kappa shape index (κ1) is 16.7. The fourth-order valence-electron chi connectivity index (χ4n) is 2.78. The van der Waals surface area contributed by atoms with Crippen LogP contribution in [-0.4, -0.2) is 30.3 Å². The summed E-state index contributed by atoms with van der Waals surface area (Å²) in [5.41, 5.74) is -0.623. The minimum atomic E-state index is -0.983. The van der Waals surface area contributed by atoms with Gasteiger partial charge in [-0.25, -0.2) is 8.78 Å². The molecule has 2 atom stereocenters. The molecule has 1 aromatic carbocycles. The minimum Gasteiger partial charge on any atom is -0.491 e. The van der Waals surface area contributed by atoms with Crippen molar-refractivity contribution in [1.29, 1.82) is 0 Å². The average Bonchev–Trinajstić information content (AvgIpc) is 2.48. The number of aliphatic hydroxyl groups is 1. The second-order valence-electron chi connectivity index (χ2n) is 5.56. The third-order valence-corrected chi connectivity index (χ3v) is 3.89. The molecular formula is C16H21F2NO3. The number of amides is 1. The molecular weight excluding hydrogens is 292 g/mol. The largest absolute Gasteiger partial charge is 0.491 e. The highest BCUT2D eigenvalue weighted by atomic mass is 19.1. The van der Waals surface area contributed by atoms with Crippen LogP contribution in [0.4, 0.5) is 8.78 Å². The number of aliphatic hydroxyl groups excluding tert-OH is 1. The Balaban J connectivity index is 2.04. The maximum atomic E-state index is 14.1. The Morgan fingerprint density at radius 1 is 1.41 bits per heavy atom. The molecule has 0 spiro atoms. The predicted molar refractivity (Wildman–Crippen MR) is 77.8 cm³/mol. The van der Waals surface area contributed by atoms with Crippen molar-refractivity contribution in [3.8, 4) is 5.75 Å². The van der Waals surface area contributed by atoms with E-state index in [2.05, 4.69) is 5.32 Å². The van der Waals surface area contributed by atoms with Gasteiger partial charge in [-0.15, -0.1) is 0 Å². The van der Waals surface area contributed by atoms with Gasteiger partial charge in [0.2, 0.25) is 0 Å². The number of hydrogen-bond donors (Lipinski definition) is 2. The summed E-state index contributed by atoms with van der Waals surface area (Å²) in [6, 6.07) is 2.19. The van der Waals surface area contributed by atoms with E-state index in [0.717, 1.165) is 25.3 Å². The van der Waals surface area contributed by atoms with Gasteiger partial charge in [0.05, 0.1) is 12.7 Å². The van der Waals surface area contributed by atoms with Crippen LogP contribution in [0.2, 0.25) is 0 Å². The summed E-state index contributed by atoms with van der Waals surface area (Å²) < 4.78 is 32.9. The number of hydrogen-bond acceptors (Lipinski definition) is 3. The zero-order valence-electron chi connectivity index (χ0n) is 12.6. The summed E-state index contributed by atoms with van der Waals surface area (Å²) in [4.78, 5) is 12.1. The van der Waals surface area contributed by atoms with Crippen LogP contribution in [0.1, 0.15) is 43.0 Å². The van der Waals surface area contributed by atoms with E-state index in [1.807, 2.05) is 0 Å². The molecule has 2 rings (SSSR count). The van der Waals surface area contributed by atoms with Crippen LogP contribution in [0.5, 0.6) is 5.75 Å². The van der Waals surface area contributed by atoms with Crippen LogP contribution < -0.4 is 10.1 Å². The summed E-state index contributed by atoms with van der Waals surface area (Å²) in [7, 11) is 0. The van der Waals surface area contributed by atoms with Gasteiger partial charge in [-0.2, -0.15) is 0 Å². The maximum absolute atomic E-state index is 14.1. The van der Waals surface area contributed by atoms with Crippen molar-refractivity contribution in [1.82, 2.24) is 5.32 Å². The van der Waals surface area contributed by atoms with E-state index in [1.165, 1.54) is 6.07 Å². The molecule has 1 amide bonds. The first-order valence-electron chi connectivity index (χ1n) is 7.60. The van der Waals surface area contributed by atoms with Gasteiger partial charge in [0.25, 0.3) is 5.91 Å². The summed E-state index contributed by atoms with van der Waals surface area (Å²) in [5.74, 6) is -2.70. The van der Waals surface area contributed by atoms with Crippen LogP contribution in [0.25, 0.3) is 0 Å². The normalized spacial score (nSPS) is 21.5. The number of benzene rings is 1. The topological polar surface area (TPSA) is 58.6 Å². The van der Waals surface area contributed by atoms with Gasteiger partial charge >= 0.3 is 0 Å². The Bertz CT molecular complexity index is 536. The van der Waals surface area contributed by atoms with Crippen molar-refractivity contribution in [3.63, 3.8) is 0 Å². The van der Waals surface area contributed by atoms with E-state index < -0.39 is 23.1 Å². The van der Waals surface area contributed by atoms with Crippen LogP contribution in [0.3, 0.4) is 0 Å². The lowest BCUT2D eigenvalue weighted by Gasteiger charge is -2.26. The fourth-order valence-corrected chi connectivity index (χ4v) is 2.78. The molecule has 0 saturated heterocycles. The zero-order valence-corrected chi connectivity index (χ0v) is 12.6. The molecule has 1 aliphatic carbocycles. The number of carbonyl (C=O) groups excluding carboxylic acids is 1. The molecule has 0 bridgehead atoms. The van der Waals surface area contributed by atoms with Gasteiger partial charge in [-0.05, 0) is 44.2 Å². The van der Waals surface area contributed by atoms with Crippen LogP contribution in [0, 0.1) is 17.6 Å². The van der Waals surface area contributed by atoms with E-state index in [0.29, 0.717) is 13.0 Å². The van der Waals surface area contributed by atoms with E-state index in [1.54, 1.807) is 6.92 Å². The molecule has 22 heavy (non-hydrogen) atoms. The number of carbonyl (C=O) groups is 1. The summed E-state index contributed by atoms with van der Waals surface area (Å²) in [6.45, 7) is 2.20. The molecule has 1 aliphatic rings. The number of halogens is 2. The van der Waals surface area contributed by atoms with Gasteiger partial charge in [0, 0.05) is 6.54 Å². The first-order valence-corrected chi connectivity index (χ1v) is 7.60. The van der Waals surface area contributed by atoms with Crippen molar-refractivity contribution in [2.75, 3.05) is 13.2 Å². The van der Waals surface area contributed by atoms with Gasteiger partial charge < -0.3 is 15.2 Å². The first-order chi connectivity index (χ1) is 10.5. The number of ether oxygens (including phenoxy) is 1. The highest BCUT2D eigenvalue weighted by molar-refractivity contribution is 5.95. The van der Waals surface area contributed by atoms with Gasteiger partial charge in [0.1, 0.15) is 11.4 Å². The molecule has 0 aromatic heterocycles. The zero-order chi connectivity index (χ0) is 16.1. The van der Waals surface area contributed by atoms with Crippen LogP contribution in [0.15, 0.2) is 12.1 Å². The highest BCUT2D eigenvalue weighted by Gasteiger charge is 2.24. The molecule has 2 N–H and O–H groups in total. The molecule has 1 saturated carbocycles. The minimum absolute atomic E-state index is 0.133. The van der Waals surface area contributed by atoms with E-state index in [4.69, 9.17) is 4.74 Å². The Morgan fingerprint density at radius 3 is 2.86 bits per heavy atom. The van der Waals surface area contributed by atoms with Crippen molar-refractivity contribution in [2.24, 2.45) is 5.92 Å². The maximum Gasteiger partial charge on any atom is 0.257 e. The van der Waals surface area contributed by atoms with E-state index in [9.17, 15) is 18.7 Å². The lowest BCUT2D eigenvalue weighted by molar-refractivity contribution is 0.0867. The molecule has 6 heteroatoms. The van der Waals surface area contributed by atoms with Crippen molar-refractivity contribution in [2.45, 2.75) is 38.7 Å². The number of nitrogens with one attached hydrogen (secondary N) is 1. The monoisotopic (exact) mass is 313 g/mol. The van der Waals surface area contributed by atoms with E-state index >= 15 is 0 Å². The van der Waals surface area contributed by atoms with Crippen molar-refractivity contribution >= 4 is 5.91 Å². The molecule has 1 aromatic rings. The highest BCUT2D eigenvalue weighted by Crippen LogP contribution is 2.25. The Kier molecular flexibility index (Phi) is 5.71. The molecule has 4 nitrogen and oxygen atoms in total. The number of rotatable bonds is 5. The SMILES string of the molecule is CCOc1ccc(F)c(C(=O)NCC2CCCC(O)C2)c1F. The predicted octanol–water partition coefficient (Wildman–Crippen LogP) is 2.64. The smallest absolute Gasteiger partial charge is 0.257 e. The molecule has 0 radical (unpaired) electrons. The quantitative estimate of drug-likeness (QED) is 0.878. The van der Waals surface area contributed by atoms with Crippen LogP contribution in [-0.2, 0) is 0 Å². The Morgan fingerprint density at radius 2 is 2.18 bits per heavy atom. The van der Waals surface area contributed by atoms with Gasteiger partial charge in [0.15, 0.2) is 11.6 Å². The van der Waals surface area contributed by atoms with Gasteiger partial charge in [-0.3, -0.25) is 4.79 Å². The van der Waals surface area contributed by atoms with Crippen molar-refractivity contribution < 1.29 is 23.4 Å². The fraction of sp³-hybridized carbons (Fsp3) is 0.562. The average molecular weight is 313 g/mol. The molecule has 1 fully saturated rings. The Hall–Kier alpha value is -1.69. The van der Waals surface area contributed by atoms with E-state index in [-0.39, 0.29) is 24.4 Å².